The molecular formula is C24H32N2O4. The van der Waals surface area contributed by atoms with Crippen LogP contribution in [-0.4, -0.2) is 50.1 Å². The number of benzene rings is 2. The number of amides is 2. The van der Waals surface area contributed by atoms with E-state index < -0.39 is 6.04 Å². The number of hydrogen-bond donors (Lipinski definition) is 1. The summed E-state index contributed by atoms with van der Waals surface area (Å²) in [7, 11) is 3.25. The van der Waals surface area contributed by atoms with Gasteiger partial charge in [-0.25, -0.2) is 0 Å². The van der Waals surface area contributed by atoms with Crippen LogP contribution in [0.15, 0.2) is 54.6 Å². The van der Waals surface area contributed by atoms with Crippen LogP contribution in [0.25, 0.3) is 0 Å². The molecule has 2 aromatic carbocycles. The molecule has 0 heterocycles. The molecule has 0 spiro atoms. The lowest BCUT2D eigenvalue weighted by molar-refractivity contribution is -0.141. The Labute approximate surface area is 179 Å². The minimum atomic E-state index is -0.593. The first-order valence-corrected chi connectivity index (χ1v) is 10.3. The van der Waals surface area contributed by atoms with Crippen molar-refractivity contribution in [3.05, 3.63) is 65.7 Å². The minimum Gasteiger partial charge on any atom is -0.497 e. The normalized spacial score (nSPS) is 11.6. The van der Waals surface area contributed by atoms with E-state index in [1.807, 2.05) is 61.5 Å². The second-order valence-electron chi connectivity index (χ2n) is 7.07. The van der Waals surface area contributed by atoms with E-state index in [9.17, 15) is 9.59 Å². The largest absolute Gasteiger partial charge is 0.497 e. The molecule has 0 aliphatic rings. The van der Waals surface area contributed by atoms with E-state index in [0.29, 0.717) is 32.5 Å². The van der Waals surface area contributed by atoms with E-state index in [-0.39, 0.29) is 11.8 Å². The Morgan fingerprint density at radius 2 is 1.70 bits per heavy atom. The van der Waals surface area contributed by atoms with Crippen molar-refractivity contribution in [2.45, 2.75) is 38.8 Å². The van der Waals surface area contributed by atoms with Crippen LogP contribution in [-0.2, 0) is 27.3 Å². The Morgan fingerprint density at radius 3 is 2.30 bits per heavy atom. The topological polar surface area (TPSA) is 67.9 Å². The summed E-state index contributed by atoms with van der Waals surface area (Å²) in [6, 6.07) is 16.8. The van der Waals surface area contributed by atoms with Crippen LogP contribution in [0.1, 0.15) is 30.9 Å². The highest BCUT2D eigenvalue weighted by Crippen LogP contribution is 2.18. The van der Waals surface area contributed by atoms with Crippen molar-refractivity contribution >= 4 is 11.8 Å². The quantitative estimate of drug-likeness (QED) is 0.544. The first-order valence-electron chi connectivity index (χ1n) is 10.3. The van der Waals surface area contributed by atoms with Crippen LogP contribution in [0.3, 0.4) is 0 Å². The standard InChI is InChI=1S/C24H32N2O4/c1-4-23(27)26(18-20-11-13-21(30-3)14-12-20)22(17-19-9-6-5-7-10-19)24(28)25-15-8-16-29-2/h5-7,9-14,22H,4,8,15-18H2,1-3H3,(H,25,28). The van der Waals surface area contributed by atoms with E-state index >= 15 is 0 Å². The molecule has 0 saturated heterocycles. The Kier molecular flexibility index (Phi) is 9.87. The van der Waals surface area contributed by atoms with Gasteiger partial charge in [0.2, 0.25) is 11.8 Å². The number of ether oxygens (including phenoxy) is 2. The molecule has 2 aromatic rings. The number of rotatable bonds is 12. The fourth-order valence-electron chi connectivity index (χ4n) is 3.23. The van der Waals surface area contributed by atoms with Gasteiger partial charge in [0.1, 0.15) is 11.8 Å². The lowest BCUT2D eigenvalue weighted by Gasteiger charge is -2.31. The zero-order valence-corrected chi connectivity index (χ0v) is 18.1. The molecule has 1 N–H and O–H groups in total. The predicted octanol–water partition coefficient (Wildman–Crippen LogP) is 3.20. The van der Waals surface area contributed by atoms with E-state index in [2.05, 4.69) is 5.32 Å². The van der Waals surface area contributed by atoms with Gasteiger partial charge in [0, 0.05) is 39.6 Å². The third-order valence-corrected chi connectivity index (χ3v) is 4.91. The SMILES string of the molecule is CCC(=O)N(Cc1ccc(OC)cc1)C(Cc1ccccc1)C(=O)NCCCOC. The molecule has 0 radical (unpaired) electrons. The first kappa shape index (κ1) is 23.4. The van der Waals surface area contributed by atoms with Gasteiger partial charge in [-0.2, -0.15) is 0 Å². The van der Waals surface area contributed by atoms with Crippen LogP contribution in [0.4, 0.5) is 0 Å². The van der Waals surface area contributed by atoms with Gasteiger partial charge in [0.15, 0.2) is 0 Å². The summed E-state index contributed by atoms with van der Waals surface area (Å²) < 4.78 is 10.3. The fraction of sp³-hybridized carbons (Fsp3) is 0.417. The molecule has 2 rings (SSSR count). The van der Waals surface area contributed by atoms with Crippen molar-refractivity contribution in [3.8, 4) is 5.75 Å². The molecule has 0 fully saturated rings. The second kappa shape index (κ2) is 12.6. The van der Waals surface area contributed by atoms with Gasteiger partial charge in [-0.15, -0.1) is 0 Å². The molecular weight excluding hydrogens is 380 g/mol. The molecule has 30 heavy (non-hydrogen) atoms. The number of carbonyl (C=O) groups excluding carboxylic acids is 2. The molecule has 2 amide bonds. The summed E-state index contributed by atoms with van der Waals surface area (Å²) in [5.41, 5.74) is 1.96. The maximum absolute atomic E-state index is 13.1. The van der Waals surface area contributed by atoms with Crippen molar-refractivity contribution in [3.63, 3.8) is 0 Å². The maximum atomic E-state index is 13.1. The Hall–Kier alpha value is -2.86. The van der Waals surface area contributed by atoms with Gasteiger partial charge in [-0.3, -0.25) is 9.59 Å². The summed E-state index contributed by atoms with van der Waals surface area (Å²) in [6.45, 7) is 3.26. The van der Waals surface area contributed by atoms with Crippen LogP contribution in [0.2, 0.25) is 0 Å². The van der Waals surface area contributed by atoms with Crippen molar-refractivity contribution in [2.24, 2.45) is 0 Å². The minimum absolute atomic E-state index is 0.0567. The number of nitrogens with zero attached hydrogens (tertiary/aromatic N) is 1. The van der Waals surface area contributed by atoms with E-state index in [0.717, 1.165) is 23.3 Å². The lowest BCUT2D eigenvalue weighted by atomic mass is 10.0. The molecule has 1 atom stereocenters. The Bertz CT molecular complexity index is 778. The third kappa shape index (κ3) is 7.19. The highest BCUT2D eigenvalue weighted by molar-refractivity contribution is 5.87. The molecule has 6 nitrogen and oxygen atoms in total. The van der Waals surface area contributed by atoms with E-state index in [4.69, 9.17) is 9.47 Å². The molecule has 162 valence electrons. The number of nitrogens with one attached hydrogen (secondary N) is 1. The summed E-state index contributed by atoms with van der Waals surface area (Å²) in [5, 5.41) is 2.97. The molecule has 0 aliphatic heterocycles. The van der Waals surface area contributed by atoms with Gasteiger partial charge in [-0.05, 0) is 29.7 Å². The summed E-state index contributed by atoms with van der Waals surface area (Å²) in [5.74, 6) is 0.549. The second-order valence-corrected chi connectivity index (χ2v) is 7.07. The smallest absolute Gasteiger partial charge is 0.243 e. The fourth-order valence-corrected chi connectivity index (χ4v) is 3.23. The average Bonchev–Trinajstić information content (AvgIpc) is 2.79. The zero-order valence-electron chi connectivity index (χ0n) is 18.1. The van der Waals surface area contributed by atoms with Crippen LogP contribution in [0.5, 0.6) is 5.75 Å². The molecule has 1 unspecified atom stereocenters. The Morgan fingerprint density at radius 1 is 1.00 bits per heavy atom. The molecule has 0 aromatic heterocycles. The monoisotopic (exact) mass is 412 g/mol. The van der Waals surface area contributed by atoms with Gasteiger partial charge < -0.3 is 19.7 Å². The summed E-state index contributed by atoms with van der Waals surface area (Å²) >= 11 is 0. The van der Waals surface area contributed by atoms with Gasteiger partial charge in [0.25, 0.3) is 0 Å². The van der Waals surface area contributed by atoms with Crippen molar-refractivity contribution in [2.75, 3.05) is 27.4 Å². The first-order chi connectivity index (χ1) is 14.6. The van der Waals surface area contributed by atoms with E-state index in [1.165, 1.54) is 0 Å². The van der Waals surface area contributed by atoms with Crippen molar-refractivity contribution < 1.29 is 19.1 Å². The van der Waals surface area contributed by atoms with Gasteiger partial charge in [-0.1, -0.05) is 49.4 Å². The highest BCUT2D eigenvalue weighted by atomic mass is 16.5. The van der Waals surface area contributed by atoms with Crippen molar-refractivity contribution in [1.29, 1.82) is 0 Å². The van der Waals surface area contributed by atoms with Crippen molar-refractivity contribution in [1.82, 2.24) is 10.2 Å². The van der Waals surface area contributed by atoms with Crippen LogP contribution in [0, 0.1) is 0 Å². The number of hydrogen-bond acceptors (Lipinski definition) is 4. The average molecular weight is 413 g/mol. The number of methoxy groups -OCH3 is 2. The van der Waals surface area contributed by atoms with Crippen LogP contribution >= 0.6 is 0 Å². The molecule has 0 bridgehead atoms. The van der Waals surface area contributed by atoms with E-state index in [1.54, 1.807) is 19.1 Å². The summed E-state index contributed by atoms with van der Waals surface area (Å²) in [4.78, 5) is 27.6. The number of carbonyl (C=O) groups is 2. The third-order valence-electron chi connectivity index (χ3n) is 4.91. The Balaban J connectivity index is 2.25. The zero-order chi connectivity index (χ0) is 21.8. The highest BCUT2D eigenvalue weighted by Gasteiger charge is 2.29. The maximum Gasteiger partial charge on any atom is 0.243 e. The summed E-state index contributed by atoms with van der Waals surface area (Å²) in [6.07, 6.45) is 1.51. The van der Waals surface area contributed by atoms with Gasteiger partial charge in [0.05, 0.1) is 7.11 Å². The molecule has 0 saturated carbocycles. The molecule has 0 aliphatic carbocycles. The molecule has 6 heteroatoms. The van der Waals surface area contributed by atoms with Crippen LogP contribution < -0.4 is 10.1 Å². The predicted molar refractivity (Wildman–Crippen MR) is 117 cm³/mol. The van der Waals surface area contributed by atoms with Gasteiger partial charge >= 0.3 is 0 Å². The lowest BCUT2D eigenvalue weighted by Crippen LogP contribution is -2.50.